The number of carbonyl (C=O) groups excluding carboxylic acids is 5. The zero-order valence-corrected chi connectivity index (χ0v) is 15.3. The summed E-state index contributed by atoms with van der Waals surface area (Å²) in [7, 11) is 1.38. The lowest BCUT2D eigenvalue weighted by atomic mass is 10.0. The van der Waals surface area contributed by atoms with Gasteiger partial charge in [-0.3, -0.25) is 24.2 Å². The number of carboxylic acid groups (broad SMARTS) is 1. The Labute approximate surface area is 160 Å². The Morgan fingerprint density at radius 2 is 2.00 bits per heavy atom. The molecule has 0 saturated carbocycles. The normalized spacial score (nSPS) is 23.2. The lowest BCUT2D eigenvalue weighted by Crippen LogP contribution is -2.64. The number of hydrogen-bond donors (Lipinski definition) is 4. The highest BCUT2D eigenvalue weighted by Crippen LogP contribution is 2.25. The molecule has 4 N–H and O–H groups in total. The summed E-state index contributed by atoms with van der Waals surface area (Å²) < 4.78 is 0. The topological polar surface area (TPSA) is 165 Å². The van der Waals surface area contributed by atoms with Crippen molar-refractivity contribution in [3.8, 4) is 0 Å². The molecular weight excluding hydrogens is 374 g/mol. The van der Waals surface area contributed by atoms with Crippen LogP contribution in [-0.2, 0) is 24.0 Å². The lowest BCUT2D eigenvalue weighted by molar-refractivity contribution is -0.176. The van der Waals surface area contributed by atoms with Crippen molar-refractivity contribution in [3.63, 3.8) is 0 Å². The summed E-state index contributed by atoms with van der Waals surface area (Å²) in [4.78, 5) is 71.5. The van der Waals surface area contributed by atoms with Gasteiger partial charge < -0.3 is 25.9 Å². The SMILES string of the molecule is CNC(=O)N[C@H]1CCC(=O)N2CCC[C@@H](C(=O)N[C@H](C=O)CC(=O)O)N2C1=O. The van der Waals surface area contributed by atoms with Crippen LogP contribution in [0.4, 0.5) is 4.79 Å². The van der Waals surface area contributed by atoms with Crippen molar-refractivity contribution in [2.24, 2.45) is 0 Å². The largest absolute Gasteiger partial charge is 0.481 e. The molecule has 0 spiro atoms. The Hall–Kier alpha value is -3.18. The Morgan fingerprint density at radius 3 is 2.61 bits per heavy atom. The van der Waals surface area contributed by atoms with Gasteiger partial charge in [0, 0.05) is 20.0 Å². The Morgan fingerprint density at radius 1 is 1.29 bits per heavy atom. The molecule has 2 fully saturated rings. The van der Waals surface area contributed by atoms with E-state index in [-0.39, 0.29) is 31.7 Å². The van der Waals surface area contributed by atoms with Gasteiger partial charge in [0.1, 0.15) is 18.4 Å². The number of rotatable bonds is 6. The number of hydrazine groups is 1. The third-order valence-corrected chi connectivity index (χ3v) is 4.58. The number of nitrogens with one attached hydrogen (secondary N) is 3. The molecule has 154 valence electrons. The van der Waals surface area contributed by atoms with Crippen LogP contribution in [0.5, 0.6) is 0 Å². The number of urea groups is 1. The minimum atomic E-state index is -1.27. The molecule has 0 aromatic rings. The van der Waals surface area contributed by atoms with Gasteiger partial charge in [-0.05, 0) is 19.3 Å². The van der Waals surface area contributed by atoms with Crippen molar-refractivity contribution in [1.29, 1.82) is 0 Å². The number of aldehydes is 1. The summed E-state index contributed by atoms with van der Waals surface area (Å²) in [5, 5.41) is 18.1. The summed E-state index contributed by atoms with van der Waals surface area (Å²) in [5.74, 6) is -2.97. The van der Waals surface area contributed by atoms with Gasteiger partial charge >= 0.3 is 12.0 Å². The van der Waals surface area contributed by atoms with E-state index in [2.05, 4.69) is 16.0 Å². The van der Waals surface area contributed by atoms with Crippen LogP contribution in [0.15, 0.2) is 0 Å². The maximum Gasteiger partial charge on any atom is 0.315 e. The second-order valence-electron chi connectivity index (χ2n) is 6.52. The Balaban J connectivity index is 2.24. The molecule has 2 heterocycles. The number of carbonyl (C=O) groups is 6. The summed E-state index contributed by atoms with van der Waals surface area (Å²) >= 11 is 0. The molecule has 0 radical (unpaired) electrons. The van der Waals surface area contributed by atoms with Gasteiger partial charge in [-0.2, -0.15) is 0 Å². The first-order chi connectivity index (χ1) is 13.3. The minimum absolute atomic E-state index is 0.0151. The van der Waals surface area contributed by atoms with E-state index in [1.807, 2.05) is 0 Å². The van der Waals surface area contributed by atoms with E-state index in [9.17, 15) is 28.8 Å². The highest BCUT2D eigenvalue weighted by Gasteiger charge is 2.44. The maximum atomic E-state index is 13.0. The number of aliphatic carboxylic acids is 1. The molecular formula is C16H23N5O7. The fraction of sp³-hybridized carbons (Fsp3) is 0.625. The summed E-state index contributed by atoms with van der Waals surface area (Å²) in [6.07, 6.45) is 0.486. The highest BCUT2D eigenvalue weighted by atomic mass is 16.4. The molecule has 2 saturated heterocycles. The van der Waals surface area contributed by atoms with Crippen LogP contribution in [0.1, 0.15) is 32.1 Å². The zero-order valence-electron chi connectivity index (χ0n) is 15.3. The smallest absolute Gasteiger partial charge is 0.315 e. The third-order valence-electron chi connectivity index (χ3n) is 4.58. The molecule has 2 aliphatic heterocycles. The van der Waals surface area contributed by atoms with E-state index < -0.39 is 48.4 Å². The second-order valence-corrected chi connectivity index (χ2v) is 6.52. The van der Waals surface area contributed by atoms with Gasteiger partial charge in [-0.1, -0.05) is 0 Å². The van der Waals surface area contributed by atoms with E-state index in [1.54, 1.807) is 0 Å². The van der Waals surface area contributed by atoms with Gasteiger partial charge in [0.2, 0.25) is 11.8 Å². The molecule has 0 aliphatic carbocycles. The van der Waals surface area contributed by atoms with Gasteiger partial charge in [-0.15, -0.1) is 0 Å². The van der Waals surface area contributed by atoms with Crippen molar-refractivity contribution in [2.75, 3.05) is 13.6 Å². The molecule has 12 heteroatoms. The molecule has 0 aromatic heterocycles. The molecule has 12 nitrogen and oxygen atoms in total. The van der Waals surface area contributed by atoms with Crippen LogP contribution in [0.2, 0.25) is 0 Å². The van der Waals surface area contributed by atoms with Crippen LogP contribution in [0.3, 0.4) is 0 Å². The van der Waals surface area contributed by atoms with Crippen LogP contribution < -0.4 is 16.0 Å². The van der Waals surface area contributed by atoms with Gasteiger partial charge in [0.05, 0.1) is 12.5 Å². The Kier molecular flexibility index (Phi) is 6.90. The van der Waals surface area contributed by atoms with Gasteiger partial charge in [-0.25, -0.2) is 9.80 Å². The van der Waals surface area contributed by atoms with Crippen LogP contribution in [0.25, 0.3) is 0 Å². The van der Waals surface area contributed by atoms with Crippen molar-refractivity contribution in [3.05, 3.63) is 0 Å². The average Bonchev–Trinajstić information content (AvgIpc) is 2.78. The molecule has 0 bridgehead atoms. The molecule has 0 aromatic carbocycles. The van der Waals surface area contributed by atoms with Gasteiger partial charge in [0.15, 0.2) is 0 Å². The number of fused-ring (bicyclic) bond motifs is 1. The fourth-order valence-electron chi connectivity index (χ4n) is 3.24. The van der Waals surface area contributed by atoms with Crippen molar-refractivity contribution in [2.45, 2.75) is 50.2 Å². The maximum absolute atomic E-state index is 13.0. The van der Waals surface area contributed by atoms with E-state index in [4.69, 9.17) is 5.11 Å². The number of hydrogen-bond acceptors (Lipinski definition) is 6. The number of nitrogens with zero attached hydrogens (tertiary/aromatic N) is 2. The zero-order chi connectivity index (χ0) is 20.8. The molecule has 2 aliphatic rings. The fourth-order valence-corrected chi connectivity index (χ4v) is 3.24. The van der Waals surface area contributed by atoms with E-state index in [1.165, 1.54) is 12.1 Å². The molecule has 5 amide bonds. The molecule has 2 rings (SSSR count). The summed E-state index contributed by atoms with van der Waals surface area (Å²) in [6, 6.07) is -3.94. The number of amides is 5. The summed E-state index contributed by atoms with van der Waals surface area (Å²) in [6.45, 7) is 0.243. The first kappa shape index (κ1) is 21.1. The van der Waals surface area contributed by atoms with Gasteiger partial charge in [0.25, 0.3) is 5.91 Å². The predicted octanol–water partition coefficient (Wildman–Crippen LogP) is -2.03. The Bertz CT molecular complexity index is 682. The van der Waals surface area contributed by atoms with E-state index in [0.29, 0.717) is 12.7 Å². The first-order valence-corrected chi connectivity index (χ1v) is 8.87. The number of carboxylic acids is 1. The monoisotopic (exact) mass is 397 g/mol. The van der Waals surface area contributed by atoms with Crippen molar-refractivity contribution in [1.82, 2.24) is 26.0 Å². The molecule has 3 atom stereocenters. The lowest BCUT2D eigenvalue weighted by Gasteiger charge is -2.43. The molecule has 28 heavy (non-hydrogen) atoms. The summed E-state index contributed by atoms with van der Waals surface area (Å²) in [5.41, 5.74) is 0. The van der Waals surface area contributed by atoms with Crippen LogP contribution in [-0.4, -0.2) is 82.9 Å². The molecule has 0 unspecified atom stereocenters. The standard InChI is InChI=1S/C16H23N5O7/c1-17-16(28)19-10-4-5-12(23)20-6-2-3-11(21(20)15(10)27)14(26)18-9(8-22)7-13(24)25/h8-11H,2-7H2,1H3,(H,18,26)(H,24,25)(H2,17,19,28)/t9-,10-,11-/m0/s1. The second kappa shape index (κ2) is 9.15. The van der Waals surface area contributed by atoms with Crippen LogP contribution >= 0.6 is 0 Å². The van der Waals surface area contributed by atoms with Crippen molar-refractivity contribution >= 4 is 36.0 Å². The van der Waals surface area contributed by atoms with Crippen molar-refractivity contribution < 1.29 is 33.9 Å². The highest BCUT2D eigenvalue weighted by molar-refractivity contribution is 5.95. The predicted molar refractivity (Wildman–Crippen MR) is 92.4 cm³/mol. The van der Waals surface area contributed by atoms with E-state index >= 15 is 0 Å². The third kappa shape index (κ3) is 4.75. The quantitative estimate of drug-likeness (QED) is 0.375. The minimum Gasteiger partial charge on any atom is -0.481 e. The average molecular weight is 397 g/mol. The first-order valence-electron chi connectivity index (χ1n) is 8.87. The van der Waals surface area contributed by atoms with E-state index in [0.717, 1.165) is 5.01 Å². The van der Waals surface area contributed by atoms with Crippen LogP contribution in [0, 0.1) is 0 Å².